The molecule has 0 spiro atoms. The Balaban J connectivity index is 1.44. The molecule has 47 heavy (non-hydrogen) atoms. The Labute approximate surface area is 270 Å². The largest absolute Gasteiger partial charge is 0.444 e. The lowest BCUT2D eigenvalue weighted by molar-refractivity contribution is -0.161. The van der Waals surface area contributed by atoms with Gasteiger partial charge in [0.2, 0.25) is 11.8 Å². The number of aryl methyl sites for hydroxylation is 1. The van der Waals surface area contributed by atoms with Crippen LogP contribution in [0.25, 0.3) is 0 Å². The average Bonchev–Trinajstić information content (AvgIpc) is 3.93. The Kier molecular flexibility index (Phi) is 10.9. The molecule has 2 aliphatic carbocycles. The predicted octanol–water partition coefficient (Wildman–Crippen LogP) is 4.89. The number of carbonyl (C=O) groups excluding carboxylic acids is 4. The predicted molar refractivity (Wildman–Crippen MR) is 164 cm³/mol. The Bertz CT molecular complexity index is 1450. The highest BCUT2D eigenvalue weighted by Gasteiger charge is 2.48. The van der Waals surface area contributed by atoms with Gasteiger partial charge in [0.05, 0.1) is 18.2 Å². The molecule has 0 bridgehead atoms. The van der Waals surface area contributed by atoms with Gasteiger partial charge >= 0.3 is 12.3 Å². The van der Waals surface area contributed by atoms with E-state index in [0.29, 0.717) is 12.2 Å². The minimum absolute atomic E-state index is 0.0607. The standard InChI is InChI=1S/C32H42F4N6O5/c1-6-42-23(13-14-38-42)28(44)41-26(25(18-7-8-18)19-9-10-19)29(45)39-22-12-11-20(15-21(22)33)17(2)27(43)40-24(32(34,35)36)16-37-30(46)47-31(3,4)5/h11-15,17-19,24-26H,6-10,16H2,1-5H3,(H,37,46)(H,39,45)(H,40,43)(H,41,44)/t17-,24?,26-/m0/s1. The monoisotopic (exact) mass is 666 g/mol. The fraction of sp³-hybridized carbons (Fsp3) is 0.594. The van der Waals surface area contributed by atoms with Gasteiger partial charge in [0, 0.05) is 12.7 Å². The molecule has 0 saturated heterocycles. The van der Waals surface area contributed by atoms with Gasteiger partial charge in [0.1, 0.15) is 29.2 Å². The lowest BCUT2D eigenvalue weighted by atomic mass is 9.88. The first-order chi connectivity index (χ1) is 22.0. The average molecular weight is 667 g/mol. The van der Waals surface area contributed by atoms with Gasteiger partial charge in [-0.3, -0.25) is 19.1 Å². The maximum absolute atomic E-state index is 15.3. The maximum Gasteiger partial charge on any atom is 0.410 e. The summed E-state index contributed by atoms with van der Waals surface area (Å²) in [6.07, 6.45) is -0.749. The molecule has 4 N–H and O–H groups in total. The number of nitrogens with zero attached hydrogens (tertiary/aromatic N) is 2. The van der Waals surface area contributed by atoms with Crippen molar-refractivity contribution in [2.24, 2.45) is 17.8 Å². The minimum Gasteiger partial charge on any atom is -0.444 e. The first-order valence-electron chi connectivity index (χ1n) is 15.8. The van der Waals surface area contributed by atoms with Gasteiger partial charge in [-0.25, -0.2) is 9.18 Å². The van der Waals surface area contributed by atoms with Crippen molar-refractivity contribution in [3.63, 3.8) is 0 Å². The van der Waals surface area contributed by atoms with Gasteiger partial charge in [0.25, 0.3) is 5.91 Å². The molecule has 2 fully saturated rings. The topological polar surface area (TPSA) is 143 Å². The number of hydrogen-bond donors (Lipinski definition) is 4. The number of ether oxygens (including phenoxy) is 1. The summed E-state index contributed by atoms with van der Waals surface area (Å²) in [5.41, 5.74) is -0.781. The van der Waals surface area contributed by atoms with E-state index in [0.717, 1.165) is 31.7 Å². The highest BCUT2D eigenvalue weighted by molar-refractivity contribution is 6.01. The molecule has 15 heteroatoms. The number of rotatable bonds is 13. The number of amides is 4. The second kappa shape index (κ2) is 14.3. The first-order valence-corrected chi connectivity index (χ1v) is 15.8. The SMILES string of the molecule is CCn1nccc1C(=O)N[C@H](C(=O)Nc1ccc([C@H](C)C(=O)NC(CNC(=O)OC(C)(C)C)C(F)(F)F)cc1F)C(C1CC1)C1CC1. The van der Waals surface area contributed by atoms with Crippen LogP contribution in [0.1, 0.15) is 82.3 Å². The number of aromatic nitrogens is 2. The number of alkyl halides is 3. The zero-order valence-corrected chi connectivity index (χ0v) is 27.0. The summed E-state index contributed by atoms with van der Waals surface area (Å²) in [5.74, 6) is -3.82. The van der Waals surface area contributed by atoms with Crippen molar-refractivity contribution in [1.82, 2.24) is 25.7 Å². The smallest absolute Gasteiger partial charge is 0.410 e. The number of hydrogen-bond acceptors (Lipinski definition) is 6. The van der Waals surface area contributed by atoms with Crippen molar-refractivity contribution in [3.8, 4) is 0 Å². The molecule has 4 rings (SSSR count). The molecular weight excluding hydrogens is 624 g/mol. The van der Waals surface area contributed by atoms with E-state index in [1.54, 1.807) is 26.8 Å². The fourth-order valence-corrected chi connectivity index (χ4v) is 5.53. The summed E-state index contributed by atoms with van der Waals surface area (Å²) in [6, 6.07) is 1.72. The van der Waals surface area contributed by atoms with Gasteiger partial charge in [-0.15, -0.1) is 0 Å². The van der Waals surface area contributed by atoms with E-state index in [9.17, 15) is 32.3 Å². The maximum atomic E-state index is 15.3. The molecule has 11 nitrogen and oxygen atoms in total. The summed E-state index contributed by atoms with van der Waals surface area (Å²) >= 11 is 0. The van der Waals surface area contributed by atoms with Crippen LogP contribution in [0, 0.1) is 23.6 Å². The lowest BCUT2D eigenvalue weighted by Gasteiger charge is -2.28. The highest BCUT2D eigenvalue weighted by Crippen LogP contribution is 2.51. The summed E-state index contributed by atoms with van der Waals surface area (Å²) in [5, 5.41) is 13.4. The summed E-state index contributed by atoms with van der Waals surface area (Å²) in [4.78, 5) is 51.5. The van der Waals surface area contributed by atoms with Gasteiger partial charge in [-0.2, -0.15) is 18.3 Å². The van der Waals surface area contributed by atoms with E-state index < -0.39 is 66.0 Å². The van der Waals surface area contributed by atoms with Crippen LogP contribution in [0.5, 0.6) is 0 Å². The van der Waals surface area contributed by atoms with Crippen LogP contribution < -0.4 is 21.3 Å². The molecule has 1 aromatic heterocycles. The van der Waals surface area contributed by atoms with Crippen LogP contribution in [-0.4, -0.2) is 64.0 Å². The Morgan fingerprint density at radius 3 is 2.17 bits per heavy atom. The number of carbonyl (C=O) groups is 4. The van der Waals surface area contributed by atoms with Gasteiger partial charge in [-0.1, -0.05) is 6.07 Å². The van der Waals surface area contributed by atoms with E-state index in [1.165, 1.54) is 29.9 Å². The molecule has 4 amide bonds. The van der Waals surface area contributed by atoms with Crippen molar-refractivity contribution >= 4 is 29.5 Å². The van der Waals surface area contributed by atoms with Crippen LogP contribution in [0.3, 0.4) is 0 Å². The van der Waals surface area contributed by atoms with Crippen LogP contribution >= 0.6 is 0 Å². The molecular formula is C32H42F4N6O5. The molecule has 0 radical (unpaired) electrons. The molecule has 1 aromatic carbocycles. The minimum atomic E-state index is -4.90. The van der Waals surface area contributed by atoms with E-state index >= 15 is 4.39 Å². The van der Waals surface area contributed by atoms with Crippen LogP contribution in [0.15, 0.2) is 30.5 Å². The third-order valence-electron chi connectivity index (χ3n) is 8.24. The number of nitrogens with one attached hydrogen (secondary N) is 4. The van der Waals surface area contributed by atoms with Crippen LogP contribution in [0.4, 0.5) is 28.0 Å². The third-order valence-corrected chi connectivity index (χ3v) is 8.24. The molecule has 2 aromatic rings. The van der Waals surface area contributed by atoms with Gasteiger partial charge in [0.15, 0.2) is 0 Å². The van der Waals surface area contributed by atoms with E-state index in [1.807, 2.05) is 17.6 Å². The molecule has 1 unspecified atom stereocenters. The quantitative estimate of drug-likeness (QED) is 0.224. The van der Waals surface area contributed by atoms with Gasteiger partial charge in [-0.05, 0) is 102 Å². The zero-order valence-electron chi connectivity index (χ0n) is 27.0. The van der Waals surface area contributed by atoms with E-state index in [4.69, 9.17) is 4.74 Å². The van der Waals surface area contributed by atoms with Gasteiger partial charge < -0.3 is 26.0 Å². The van der Waals surface area contributed by atoms with Crippen molar-refractivity contribution in [3.05, 3.63) is 47.5 Å². The molecule has 3 atom stereocenters. The number of alkyl carbamates (subject to hydrolysis) is 1. The van der Waals surface area contributed by atoms with Crippen molar-refractivity contribution < 1.29 is 41.5 Å². The number of halogens is 4. The second-order valence-corrected chi connectivity index (χ2v) is 13.2. The fourth-order valence-electron chi connectivity index (χ4n) is 5.53. The zero-order chi connectivity index (χ0) is 34.7. The molecule has 1 heterocycles. The lowest BCUT2D eigenvalue weighted by Crippen LogP contribution is -2.53. The Morgan fingerprint density at radius 2 is 1.64 bits per heavy atom. The Hall–Kier alpha value is -4.17. The third kappa shape index (κ3) is 9.67. The molecule has 2 aliphatic rings. The van der Waals surface area contributed by atoms with Crippen LogP contribution in [-0.2, 0) is 20.9 Å². The summed E-state index contributed by atoms with van der Waals surface area (Å²) in [7, 11) is 0. The van der Waals surface area contributed by atoms with Crippen LogP contribution in [0.2, 0.25) is 0 Å². The summed E-state index contributed by atoms with van der Waals surface area (Å²) < 4.78 is 62.8. The Morgan fingerprint density at radius 1 is 1.00 bits per heavy atom. The molecule has 258 valence electrons. The molecule has 2 saturated carbocycles. The number of benzene rings is 1. The summed E-state index contributed by atoms with van der Waals surface area (Å²) in [6.45, 7) is 7.26. The van der Waals surface area contributed by atoms with E-state index in [2.05, 4.69) is 15.7 Å². The number of anilines is 1. The van der Waals surface area contributed by atoms with Crippen molar-refractivity contribution in [1.29, 1.82) is 0 Å². The first kappa shape index (κ1) is 35.7. The van der Waals surface area contributed by atoms with Crippen molar-refractivity contribution in [2.75, 3.05) is 11.9 Å². The second-order valence-electron chi connectivity index (χ2n) is 13.2. The normalized spacial score (nSPS) is 17.0. The highest BCUT2D eigenvalue weighted by atomic mass is 19.4. The van der Waals surface area contributed by atoms with Crippen molar-refractivity contribution in [2.45, 2.75) is 96.6 Å². The molecule has 0 aliphatic heterocycles. The van der Waals surface area contributed by atoms with E-state index in [-0.39, 0.29) is 29.0 Å².